The molecule has 5 heteroatoms. The Labute approximate surface area is 89.0 Å². The number of hydrogen-bond acceptors (Lipinski definition) is 4. The van der Waals surface area contributed by atoms with Gasteiger partial charge in [-0.05, 0) is 18.6 Å². The average molecular weight is 224 g/mol. The van der Waals surface area contributed by atoms with E-state index in [0.717, 1.165) is 11.3 Å². The maximum atomic E-state index is 11.2. The van der Waals surface area contributed by atoms with Crippen molar-refractivity contribution in [2.24, 2.45) is 0 Å². The highest BCUT2D eigenvalue weighted by molar-refractivity contribution is 7.94. The van der Waals surface area contributed by atoms with E-state index in [-0.39, 0.29) is 11.8 Å². The second-order valence-electron chi connectivity index (χ2n) is 3.60. The molecule has 0 spiro atoms. The first-order chi connectivity index (χ1) is 7.07. The first kappa shape index (κ1) is 10.2. The van der Waals surface area contributed by atoms with Gasteiger partial charge in [-0.15, -0.1) is 0 Å². The normalized spacial score (nSPS) is 22.9. The van der Waals surface area contributed by atoms with Gasteiger partial charge >= 0.3 is 0 Å². The summed E-state index contributed by atoms with van der Waals surface area (Å²) in [6.45, 7) is 1.93. The van der Waals surface area contributed by atoms with Gasteiger partial charge in [0.15, 0.2) is 9.84 Å². The summed E-state index contributed by atoms with van der Waals surface area (Å²) in [4.78, 5) is 3.97. The lowest BCUT2D eigenvalue weighted by Crippen LogP contribution is -2.21. The van der Waals surface area contributed by atoms with Crippen molar-refractivity contribution in [3.8, 4) is 0 Å². The predicted molar refractivity (Wildman–Crippen MR) is 59.3 cm³/mol. The van der Waals surface area contributed by atoms with Crippen LogP contribution >= 0.6 is 0 Å². The number of hydrogen-bond donors (Lipinski definition) is 1. The van der Waals surface area contributed by atoms with Crippen molar-refractivity contribution in [2.75, 3.05) is 11.1 Å². The molecular formula is C10H12N2O2S. The largest absolute Gasteiger partial charge is 0.377 e. The van der Waals surface area contributed by atoms with Crippen LogP contribution < -0.4 is 5.32 Å². The fourth-order valence-electron chi connectivity index (χ4n) is 1.50. The van der Waals surface area contributed by atoms with Gasteiger partial charge < -0.3 is 5.32 Å². The molecule has 15 heavy (non-hydrogen) atoms. The van der Waals surface area contributed by atoms with Gasteiger partial charge in [-0.1, -0.05) is 6.08 Å². The Morgan fingerprint density at radius 2 is 2.33 bits per heavy atom. The van der Waals surface area contributed by atoms with Crippen LogP contribution in [-0.2, 0) is 9.84 Å². The van der Waals surface area contributed by atoms with E-state index in [1.807, 2.05) is 13.0 Å². The van der Waals surface area contributed by atoms with Gasteiger partial charge in [0.2, 0.25) is 0 Å². The third-order valence-electron chi connectivity index (χ3n) is 2.29. The van der Waals surface area contributed by atoms with Crippen molar-refractivity contribution in [1.82, 2.24) is 4.98 Å². The molecule has 0 aliphatic carbocycles. The minimum absolute atomic E-state index is 0.129. The molecule has 0 saturated heterocycles. The second-order valence-corrected chi connectivity index (χ2v) is 5.53. The van der Waals surface area contributed by atoms with Gasteiger partial charge in [-0.25, -0.2) is 8.42 Å². The molecule has 0 fully saturated rings. The van der Waals surface area contributed by atoms with Crippen LogP contribution in [0.4, 0.5) is 5.69 Å². The molecule has 0 saturated carbocycles. The first-order valence-corrected chi connectivity index (χ1v) is 6.36. The maximum Gasteiger partial charge on any atom is 0.173 e. The molecule has 1 N–H and O–H groups in total. The van der Waals surface area contributed by atoms with Crippen LogP contribution in [0.15, 0.2) is 29.9 Å². The monoisotopic (exact) mass is 224 g/mol. The molecule has 1 aromatic rings. The quantitative estimate of drug-likeness (QED) is 0.817. The molecule has 2 heterocycles. The number of rotatable bonds is 2. The summed E-state index contributed by atoms with van der Waals surface area (Å²) in [5.41, 5.74) is 1.94. The summed E-state index contributed by atoms with van der Waals surface area (Å²) in [5.74, 6) is 0.134. The highest BCUT2D eigenvalue weighted by atomic mass is 32.2. The molecule has 1 aromatic heterocycles. The third kappa shape index (κ3) is 2.36. The number of pyridine rings is 1. The minimum atomic E-state index is -2.99. The number of nitrogens with zero attached hydrogens (tertiary/aromatic N) is 1. The Morgan fingerprint density at radius 1 is 1.53 bits per heavy atom. The number of nitrogens with one attached hydrogen (secondary N) is 1. The average Bonchev–Trinajstić information content (AvgIpc) is 2.50. The molecule has 0 amide bonds. The van der Waals surface area contributed by atoms with E-state index >= 15 is 0 Å². The molecule has 4 nitrogen and oxygen atoms in total. The maximum absolute atomic E-state index is 11.2. The van der Waals surface area contributed by atoms with Crippen molar-refractivity contribution in [3.63, 3.8) is 0 Å². The highest BCUT2D eigenvalue weighted by Gasteiger charge is 2.21. The first-order valence-electron chi connectivity index (χ1n) is 4.65. The molecule has 1 aliphatic rings. The van der Waals surface area contributed by atoms with Gasteiger partial charge in [0.25, 0.3) is 0 Å². The van der Waals surface area contributed by atoms with E-state index in [0.29, 0.717) is 0 Å². The summed E-state index contributed by atoms with van der Waals surface area (Å²) in [6, 6.07) is 1.71. The minimum Gasteiger partial charge on any atom is -0.377 e. The van der Waals surface area contributed by atoms with Crippen LogP contribution in [0.5, 0.6) is 0 Å². The summed E-state index contributed by atoms with van der Waals surface area (Å²) in [7, 11) is -2.99. The summed E-state index contributed by atoms with van der Waals surface area (Å²) in [6.07, 6.45) is 5.10. The Kier molecular flexibility index (Phi) is 2.48. The number of sulfone groups is 1. The molecular weight excluding hydrogens is 212 g/mol. The Bertz CT molecular complexity index is 494. The molecule has 80 valence electrons. The molecule has 0 radical (unpaired) electrons. The molecule has 1 unspecified atom stereocenters. The van der Waals surface area contributed by atoms with Crippen LogP contribution in [0.25, 0.3) is 0 Å². The lowest BCUT2D eigenvalue weighted by molar-refractivity contribution is 0.605. The Balaban J connectivity index is 2.12. The lowest BCUT2D eigenvalue weighted by atomic mass is 10.2. The fourth-order valence-corrected chi connectivity index (χ4v) is 2.74. The van der Waals surface area contributed by atoms with E-state index in [9.17, 15) is 8.42 Å². The third-order valence-corrected chi connectivity index (χ3v) is 3.69. The standard InChI is InChI=1S/C10H12N2O2S/c1-8-6-11-4-2-10(8)12-9-3-5-15(13,14)7-9/h2-6,9H,7H2,1H3,(H,11,12). The van der Waals surface area contributed by atoms with E-state index in [2.05, 4.69) is 10.3 Å². The summed E-state index contributed by atoms with van der Waals surface area (Å²) >= 11 is 0. The molecule has 2 rings (SSSR count). The van der Waals surface area contributed by atoms with Gasteiger partial charge in [0.1, 0.15) is 0 Å². The highest BCUT2D eigenvalue weighted by Crippen LogP contribution is 2.17. The number of aromatic nitrogens is 1. The van der Waals surface area contributed by atoms with Crippen LogP contribution in [-0.4, -0.2) is 25.2 Å². The molecule has 1 aliphatic heterocycles. The van der Waals surface area contributed by atoms with Crippen molar-refractivity contribution < 1.29 is 8.42 Å². The Morgan fingerprint density at radius 3 is 2.93 bits per heavy atom. The predicted octanol–water partition coefficient (Wildman–Crippen LogP) is 1.11. The topological polar surface area (TPSA) is 59.1 Å². The van der Waals surface area contributed by atoms with Gasteiger partial charge in [-0.2, -0.15) is 0 Å². The van der Waals surface area contributed by atoms with Crippen molar-refractivity contribution in [1.29, 1.82) is 0 Å². The van der Waals surface area contributed by atoms with Crippen molar-refractivity contribution >= 4 is 15.5 Å². The van der Waals surface area contributed by atoms with Crippen LogP contribution in [0, 0.1) is 6.92 Å². The Hall–Kier alpha value is -1.36. The van der Waals surface area contributed by atoms with Crippen LogP contribution in [0.2, 0.25) is 0 Å². The van der Waals surface area contributed by atoms with E-state index in [1.165, 1.54) is 5.41 Å². The zero-order valence-electron chi connectivity index (χ0n) is 8.34. The summed E-state index contributed by atoms with van der Waals surface area (Å²) in [5, 5.41) is 4.42. The van der Waals surface area contributed by atoms with Crippen LogP contribution in [0.1, 0.15) is 5.56 Å². The smallest absolute Gasteiger partial charge is 0.173 e. The van der Waals surface area contributed by atoms with Gasteiger partial charge in [0.05, 0.1) is 11.8 Å². The van der Waals surface area contributed by atoms with E-state index < -0.39 is 9.84 Å². The lowest BCUT2D eigenvalue weighted by Gasteiger charge is -2.13. The summed E-state index contributed by atoms with van der Waals surface area (Å²) < 4.78 is 22.4. The SMILES string of the molecule is Cc1cnccc1NC1C=CS(=O)(=O)C1. The van der Waals surface area contributed by atoms with E-state index in [4.69, 9.17) is 0 Å². The van der Waals surface area contributed by atoms with Gasteiger partial charge in [-0.3, -0.25) is 4.98 Å². The van der Waals surface area contributed by atoms with Crippen molar-refractivity contribution in [2.45, 2.75) is 13.0 Å². The molecule has 1 atom stereocenters. The molecule has 0 aromatic carbocycles. The zero-order valence-corrected chi connectivity index (χ0v) is 9.16. The van der Waals surface area contributed by atoms with Crippen molar-refractivity contribution in [3.05, 3.63) is 35.5 Å². The fraction of sp³-hybridized carbons (Fsp3) is 0.300. The second kappa shape index (κ2) is 3.66. The zero-order chi connectivity index (χ0) is 10.9. The number of aryl methyl sites for hydroxylation is 1. The van der Waals surface area contributed by atoms with E-state index in [1.54, 1.807) is 18.5 Å². The number of anilines is 1. The van der Waals surface area contributed by atoms with Crippen LogP contribution in [0.3, 0.4) is 0 Å². The van der Waals surface area contributed by atoms with Gasteiger partial charge in [0, 0.05) is 23.5 Å². The molecule has 0 bridgehead atoms.